The molecular weight excluding hydrogens is 354 g/mol. The molecule has 1 aliphatic carbocycles. The number of nitrogens with one attached hydrogen (secondary N) is 1. The monoisotopic (exact) mass is 379 g/mol. The molecule has 1 aliphatic heterocycles. The van der Waals surface area contributed by atoms with Crippen molar-refractivity contribution in [3.05, 3.63) is 34.3 Å². The molecule has 4 heteroatoms. The highest BCUT2D eigenvalue weighted by molar-refractivity contribution is 9.10. The number of fused-ring (bicyclic) bond motifs is 1. The minimum atomic E-state index is -0.188. The fourth-order valence-electron chi connectivity index (χ4n) is 4.42. The number of carbonyl (C=O) groups is 1. The van der Waals surface area contributed by atoms with Gasteiger partial charge in [-0.3, -0.25) is 4.79 Å². The topological polar surface area (TPSA) is 38.3 Å². The van der Waals surface area contributed by atoms with Crippen LogP contribution in [0.25, 0.3) is 0 Å². The van der Waals surface area contributed by atoms with E-state index in [1.165, 1.54) is 12.0 Å². The summed E-state index contributed by atoms with van der Waals surface area (Å²) in [5, 5.41) is 3.26. The van der Waals surface area contributed by atoms with E-state index in [9.17, 15) is 4.79 Å². The predicted octanol–water partition coefficient (Wildman–Crippen LogP) is 4.61. The smallest absolute Gasteiger partial charge is 0.217 e. The minimum absolute atomic E-state index is 0.0477. The van der Waals surface area contributed by atoms with E-state index in [-0.39, 0.29) is 23.7 Å². The maximum absolute atomic E-state index is 11.8. The zero-order valence-corrected chi connectivity index (χ0v) is 15.7. The fraction of sp³-hybridized carbons (Fsp3) is 0.632. The largest absolute Gasteiger partial charge is 0.370 e. The third-order valence-corrected chi connectivity index (χ3v) is 6.05. The van der Waals surface area contributed by atoms with Crippen LogP contribution >= 0.6 is 15.9 Å². The Morgan fingerprint density at radius 1 is 1.30 bits per heavy atom. The highest BCUT2D eigenvalue weighted by Crippen LogP contribution is 2.47. The summed E-state index contributed by atoms with van der Waals surface area (Å²) in [4.78, 5) is 11.8. The van der Waals surface area contributed by atoms with Gasteiger partial charge in [-0.15, -0.1) is 0 Å². The Kier molecular flexibility index (Phi) is 4.84. The van der Waals surface area contributed by atoms with E-state index < -0.39 is 0 Å². The van der Waals surface area contributed by atoms with E-state index in [0.717, 1.165) is 23.7 Å². The number of hydrogen-bond acceptors (Lipinski definition) is 2. The zero-order valence-electron chi connectivity index (χ0n) is 14.1. The number of rotatable bonds is 2. The highest BCUT2D eigenvalue weighted by atomic mass is 79.9. The summed E-state index contributed by atoms with van der Waals surface area (Å²) >= 11 is 3.49. The van der Waals surface area contributed by atoms with Crippen LogP contribution in [0.15, 0.2) is 28.7 Å². The molecule has 0 bridgehead atoms. The molecule has 0 spiro atoms. The lowest BCUT2D eigenvalue weighted by Crippen LogP contribution is -2.60. The molecule has 0 radical (unpaired) electrons. The van der Waals surface area contributed by atoms with Crippen LogP contribution in [0.3, 0.4) is 0 Å². The Morgan fingerprint density at radius 3 is 2.65 bits per heavy atom. The first-order valence-corrected chi connectivity index (χ1v) is 9.36. The third-order valence-electron chi connectivity index (χ3n) is 5.52. The second-order valence-electron chi connectivity index (χ2n) is 7.54. The van der Waals surface area contributed by atoms with E-state index in [2.05, 4.69) is 59.4 Å². The maximum atomic E-state index is 11.8. The molecule has 1 saturated carbocycles. The van der Waals surface area contributed by atoms with E-state index in [1.807, 2.05) is 0 Å². The first kappa shape index (κ1) is 17.0. The van der Waals surface area contributed by atoms with Gasteiger partial charge in [0.15, 0.2) is 0 Å². The average Bonchev–Trinajstić information content (AvgIpc) is 2.46. The molecule has 3 nitrogen and oxygen atoms in total. The van der Waals surface area contributed by atoms with Crippen molar-refractivity contribution < 1.29 is 9.53 Å². The van der Waals surface area contributed by atoms with Gasteiger partial charge in [0.2, 0.25) is 5.91 Å². The Morgan fingerprint density at radius 2 is 2.00 bits per heavy atom. The van der Waals surface area contributed by atoms with Gasteiger partial charge >= 0.3 is 0 Å². The summed E-state index contributed by atoms with van der Waals surface area (Å²) in [6, 6.07) is 8.36. The molecule has 1 aromatic rings. The first-order chi connectivity index (χ1) is 10.9. The number of ether oxygens (including phenoxy) is 1. The highest BCUT2D eigenvalue weighted by Gasteiger charge is 2.49. The second kappa shape index (κ2) is 6.56. The molecule has 1 saturated heterocycles. The van der Waals surface area contributed by atoms with Crippen LogP contribution in [0.4, 0.5) is 0 Å². The quantitative estimate of drug-likeness (QED) is 0.814. The molecule has 1 amide bonds. The van der Waals surface area contributed by atoms with Crippen LogP contribution in [-0.4, -0.2) is 17.6 Å². The molecule has 1 aromatic carbocycles. The summed E-state index contributed by atoms with van der Waals surface area (Å²) in [5.74, 6) is 1.16. The predicted molar refractivity (Wildman–Crippen MR) is 95.1 cm³/mol. The number of halogens is 1. The van der Waals surface area contributed by atoms with Crippen molar-refractivity contribution in [1.29, 1.82) is 0 Å². The van der Waals surface area contributed by atoms with Gasteiger partial charge < -0.3 is 10.1 Å². The number of benzene rings is 1. The van der Waals surface area contributed by atoms with Crippen LogP contribution in [-0.2, 0) is 9.53 Å². The van der Waals surface area contributed by atoms with Crippen molar-refractivity contribution in [3.8, 4) is 0 Å². The average molecular weight is 380 g/mol. The van der Waals surface area contributed by atoms with E-state index in [0.29, 0.717) is 11.8 Å². The lowest BCUT2D eigenvalue weighted by atomic mass is 9.66. The van der Waals surface area contributed by atoms with Gasteiger partial charge in [0.25, 0.3) is 0 Å². The molecule has 0 unspecified atom stereocenters. The molecule has 1 heterocycles. The van der Waals surface area contributed by atoms with Gasteiger partial charge in [0, 0.05) is 29.3 Å². The number of carbonyl (C=O) groups excluding carboxylic acids is 1. The number of hydrogen-bond donors (Lipinski definition) is 1. The van der Waals surface area contributed by atoms with Crippen molar-refractivity contribution in [2.24, 2.45) is 11.8 Å². The first-order valence-electron chi connectivity index (χ1n) is 8.57. The fourth-order valence-corrected chi connectivity index (χ4v) is 4.69. The molecule has 126 valence electrons. The lowest BCUT2D eigenvalue weighted by Gasteiger charge is -2.52. The Hall–Kier alpha value is -0.870. The summed E-state index contributed by atoms with van der Waals surface area (Å²) in [7, 11) is 0. The van der Waals surface area contributed by atoms with Crippen LogP contribution < -0.4 is 5.32 Å². The molecule has 2 fully saturated rings. The van der Waals surface area contributed by atoms with Crippen molar-refractivity contribution in [1.82, 2.24) is 5.32 Å². The normalized spacial score (nSPS) is 37.0. The van der Waals surface area contributed by atoms with Gasteiger partial charge in [0.05, 0.1) is 12.2 Å². The van der Waals surface area contributed by atoms with Crippen molar-refractivity contribution >= 4 is 21.8 Å². The van der Waals surface area contributed by atoms with Crippen molar-refractivity contribution in [3.63, 3.8) is 0 Å². The molecule has 23 heavy (non-hydrogen) atoms. The SMILES string of the molecule is CC(=O)N[C@]1(C)C[C@H](c2ccc(Br)cc2)O[C@@H]2C[C@H](C)CC[C@H]21. The minimum Gasteiger partial charge on any atom is -0.370 e. The van der Waals surface area contributed by atoms with Crippen LogP contribution in [0.2, 0.25) is 0 Å². The summed E-state index contributed by atoms with van der Waals surface area (Å²) in [5.41, 5.74) is 1.01. The molecular formula is C19H26BrNO2. The summed E-state index contributed by atoms with van der Waals surface area (Å²) in [6.45, 7) is 6.13. The van der Waals surface area contributed by atoms with E-state index in [1.54, 1.807) is 6.92 Å². The zero-order chi connectivity index (χ0) is 16.6. The molecule has 2 aliphatic rings. The molecule has 0 aromatic heterocycles. The lowest BCUT2D eigenvalue weighted by molar-refractivity contribution is -0.153. The van der Waals surface area contributed by atoms with Crippen LogP contribution in [0.5, 0.6) is 0 Å². The molecule has 5 atom stereocenters. The van der Waals surface area contributed by atoms with Crippen LogP contribution in [0.1, 0.15) is 58.1 Å². The Balaban J connectivity index is 1.88. The van der Waals surface area contributed by atoms with Crippen molar-refractivity contribution in [2.75, 3.05) is 0 Å². The van der Waals surface area contributed by atoms with Crippen molar-refractivity contribution in [2.45, 2.75) is 64.2 Å². The molecule has 3 rings (SSSR count). The van der Waals surface area contributed by atoms with Crippen LogP contribution in [0, 0.1) is 11.8 Å². The van der Waals surface area contributed by atoms with Gasteiger partial charge in [-0.25, -0.2) is 0 Å². The van der Waals surface area contributed by atoms with E-state index in [4.69, 9.17) is 4.74 Å². The third kappa shape index (κ3) is 3.63. The summed E-state index contributed by atoms with van der Waals surface area (Å²) < 4.78 is 7.57. The Bertz CT molecular complexity index is 573. The van der Waals surface area contributed by atoms with Gasteiger partial charge in [0.1, 0.15) is 0 Å². The standard InChI is InChI=1S/C19H26BrNO2/c1-12-4-9-16-17(10-12)23-18(11-19(16,3)21-13(2)22)14-5-7-15(20)8-6-14/h5-8,12,16-18H,4,9-11H2,1-3H3,(H,21,22)/t12-,16-,17-,18-,19-/m1/s1. The van der Waals surface area contributed by atoms with Gasteiger partial charge in [-0.2, -0.15) is 0 Å². The second-order valence-corrected chi connectivity index (χ2v) is 8.46. The molecule has 1 N–H and O–H groups in total. The van der Waals surface area contributed by atoms with Gasteiger partial charge in [-0.1, -0.05) is 41.4 Å². The maximum Gasteiger partial charge on any atom is 0.217 e. The Labute approximate surface area is 147 Å². The van der Waals surface area contributed by atoms with E-state index >= 15 is 0 Å². The number of amides is 1. The van der Waals surface area contributed by atoms with Gasteiger partial charge in [-0.05, 0) is 43.4 Å². The summed E-state index contributed by atoms with van der Waals surface area (Å²) in [6.07, 6.45) is 4.57.